The Hall–Kier alpha value is -2.01. The van der Waals surface area contributed by atoms with Gasteiger partial charge in [-0.2, -0.15) is 0 Å². The van der Waals surface area contributed by atoms with Crippen molar-refractivity contribution in [1.29, 1.82) is 0 Å². The van der Waals surface area contributed by atoms with Crippen molar-refractivity contribution in [2.45, 2.75) is 19.6 Å². The molecule has 0 bridgehead atoms. The maximum atomic E-state index is 11.9. The van der Waals surface area contributed by atoms with Crippen molar-refractivity contribution in [3.63, 3.8) is 0 Å². The number of carbonyl (C=O) groups is 1. The summed E-state index contributed by atoms with van der Waals surface area (Å²) in [7, 11) is 1.60. The molecular formula is C17H18BrNO3. The lowest BCUT2D eigenvalue weighted by Crippen LogP contribution is -2.27. The highest BCUT2D eigenvalue weighted by atomic mass is 79.9. The maximum Gasteiger partial charge on any atom is 0.407 e. The lowest BCUT2D eigenvalue weighted by Gasteiger charge is -2.17. The van der Waals surface area contributed by atoms with Crippen LogP contribution in [0.2, 0.25) is 0 Å². The first-order valence-electron chi connectivity index (χ1n) is 6.91. The van der Waals surface area contributed by atoms with Crippen molar-refractivity contribution < 1.29 is 14.3 Å². The predicted octanol–water partition coefficient (Wildman–Crippen LogP) is 4.45. The molecule has 4 nitrogen and oxygen atoms in total. The molecule has 0 saturated heterocycles. The van der Waals surface area contributed by atoms with E-state index in [1.807, 2.05) is 55.5 Å². The molecule has 0 aromatic heterocycles. The zero-order chi connectivity index (χ0) is 15.9. The Bertz CT molecular complexity index is 631. The van der Waals surface area contributed by atoms with Crippen LogP contribution in [-0.2, 0) is 11.3 Å². The molecule has 1 atom stereocenters. The van der Waals surface area contributed by atoms with Crippen molar-refractivity contribution >= 4 is 22.0 Å². The minimum atomic E-state index is -0.457. The Morgan fingerprint density at radius 3 is 2.64 bits per heavy atom. The van der Waals surface area contributed by atoms with Crippen LogP contribution in [0.4, 0.5) is 4.79 Å². The van der Waals surface area contributed by atoms with E-state index in [4.69, 9.17) is 9.47 Å². The van der Waals surface area contributed by atoms with Crippen molar-refractivity contribution in [1.82, 2.24) is 5.32 Å². The minimum absolute atomic E-state index is 0.216. The van der Waals surface area contributed by atoms with Crippen LogP contribution in [0.1, 0.15) is 24.1 Å². The van der Waals surface area contributed by atoms with Gasteiger partial charge in [-0.25, -0.2) is 4.79 Å². The van der Waals surface area contributed by atoms with Crippen LogP contribution in [-0.4, -0.2) is 13.2 Å². The maximum absolute atomic E-state index is 11.9. The second-order valence-corrected chi connectivity index (χ2v) is 5.73. The molecule has 0 aliphatic heterocycles. The molecule has 2 aromatic rings. The molecule has 2 rings (SSSR count). The second-order valence-electron chi connectivity index (χ2n) is 4.81. The van der Waals surface area contributed by atoms with Crippen LogP contribution in [0, 0.1) is 0 Å². The number of carbonyl (C=O) groups excluding carboxylic acids is 1. The van der Waals surface area contributed by atoms with E-state index in [-0.39, 0.29) is 12.6 Å². The Balaban J connectivity index is 1.94. The first-order valence-corrected chi connectivity index (χ1v) is 7.70. The van der Waals surface area contributed by atoms with Gasteiger partial charge in [0.2, 0.25) is 0 Å². The van der Waals surface area contributed by atoms with E-state index < -0.39 is 6.09 Å². The lowest BCUT2D eigenvalue weighted by atomic mass is 10.1. The number of ether oxygens (including phenoxy) is 2. The third kappa shape index (κ3) is 4.49. The summed E-state index contributed by atoms with van der Waals surface area (Å²) in [5.74, 6) is 0.713. The van der Waals surface area contributed by atoms with E-state index in [9.17, 15) is 4.79 Å². The summed E-state index contributed by atoms with van der Waals surface area (Å²) in [5, 5.41) is 2.80. The van der Waals surface area contributed by atoms with Crippen LogP contribution >= 0.6 is 15.9 Å². The molecular weight excluding hydrogens is 346 g/mol. The molecule has 0 aliphatic carbocycles. The van der Waals surface area contributed by atoms with Gasteiger partial charge < -0.3 is 14.8 Å². The number of halogens is 1. The number of rotatable bonds is 5. The van der Waals surface area contributed by atoms with E-state index in [0.29, 0.717) is 5.75 Å². The minimum Gasteiger partial charge on any atom is -0.496 e. The summed E-state index contributed by atoms with van der Waals surface area (Å²) < 4.78 is 11.5. The van der Waals surface area contributed by atoms with E-state index in [2.05, 4.69) is 21.2 Å². The summed E-state index contributed by atoms with van der Waals surface area (Å²) >= 11 is 3.40. The zero-order valence-corrected chi connectivity index (χ0v) is 14.1. The molecule has 0 saturated carbocycles. The first-order chi connectivity index (χ1) is 10.6. The van der Waals surface area contributed by atoms with Gasteiger partial charge in [-0.15, -0.1) is 0 Å². The molecule has 0 fully saturated rings. The molecule has 1 amide bonds. The Labute approximate surface area is 138 Å². The van der Waals surface area contributed by atoms with Gasteiger partial charge in [0, 0.05) is 10.0 Å². The molecule has 0 heterocycles. The first kappa shape index (κ1) is 16.4. The Morgan fingerprint density at radius 1 is 1.23 bits per heavy atom. The van der Waals surface area contributed by atoms with Gasteiger partial charge >= 0.3 is 6.09 Å². The number of methoxy groups -OCH3 is 1. The standard InChI is InChI=1S/C17H18BrNO3/c1-12(15-9-8-14(18)10-16(15)21-2)19-17(20)22-11-13-6-4-3-5-7-13/h3-10,12H,11H2,1-2H3,(H,19,20). The fraction of sp³-hybridized carbons (Fsp3) is 0.235. The number of nitrogens with one attached hydrogen (secondary N) is 1. The van der Waals surface area contributed by atoms with Crippen molar-refractivity contribution in [3.8, 4) is 5.75 Å². The van der Waals surface area contributed by atoms with Crippen LogP contribution < -0.4 is 10.1 Å². The average Bonchev–Trinajstić information content (AvgIpc) is 2.53. The Kier molecular flexibility index (Phi) is 5.83. The van der Waals surface area contributed by atoms with Gasteiger partial charge in [0.25, 0.3) is 0 Å². The van der Waals surface area contributed by atoms with Gasteiger partial charge in [0.05, 0.1) is 13.2 Å². The van der Waals surface area contributed by atoms with Crippen LogP contribution in [0.3, 0.4) is 0 Å². The number of benzene rings is 2. The monoisotopic (exact) mass is 363 g/mol. The van der Waals surface area contributed by atoms with E-state index in [0.717, 1.165) is 15.6 Å². The smallest absolute Gasteiger partial charge is 0.407 e. The highest BCUT2D eigenvalue weighted by Gasteiger charge is 2.15. The number of amides is 1. The summed E-state index contributed by atoms with van der Waals surface area (Å²) in [6.07, 6.45) is -0.457. The van der Waals surface area contributed by atoms with Gasteiger partial charge in [0.1, 0.15) is 12.4 Å². The number of hydrogen-bond acceptors (Lipinski definition) is 3. The Morgan fingerprint density at radius 2 is 1.95 bits per heavy atom. The van der Waals surface area contributed by atoms with Gasteiger partial charge in [-0.05, 0) is 24.6 Å². The van der Waals surface area contributed by atoms with Gasteiger partial charge in [0.15, 0.2) is 0 Å². The normalized spacial score (nSPS) is 11.6. The van der Waals surface area contributed by atoms with Crippen LogP contribution in [0.15, 0.2) is 53.0 Å². The van der Waals surface area contributed by atoms with Crippen molar-refractivity contribution in [2.24, 2.45) is 0 Å². The molecule has 0 aliphatic rings. The lowest BCUT2D eigenvalue weighted by molar-refractivity contribution is 0.136. The molecule has 2 aromatic carbocycles. The van der Waals surface area contributed by atoms with Crippen LogP contribution in [0.5, 0.6) is 5.75 Å². The topological polar surface area (TPSA) is 47.6 Å². The largest absolute Gasteiger partial charge is 0.496 e. The highest BCUT2D eigenvalue weighted by Crippen LogP contribution is 2.28. The van der Waals surface area contributed by atoms with Crippen molar-refractivity contribution in [2.75, 3.05) is 7.11 Å². The van der Waals surface area contributed by atoms with E-state index in [1.54, 1.807) is 7.11 Å². The van der Waals surface area contributed by atoms with Crippen molar-refractivity contribution in [3.05, 3.63) is 64.1 Å². The quantitative estimate of drug-likeness (QED) is 0.853. The molecule has 0 spiro atoms. The van der Waals surface area contributed by atoms with Gasteiger partial charge in [-0.3, -0.25) is 0 Å². The summed E-state index contributed by atoms with van der Waals surface area (Å²) in [6, 6.07) is 15.0. The summed E-state index contributed by atoms with van der Waals surface area (Å²) in [5.41, 5.74) is 1.84. The van der Waals surface area contributed by atoms with Crippen LogP contribution in [0.25, 0.3) is 0 Å². The van der Waals surface area contributed by atoms with Gasteiger partial charge in [-0.1, -0.05) is 52.3 Å². The van der Waals surface area contributed by atoms with E-state index >= 15 is 0 Å². The fourth-order valence-corrected chi connectivity index (χ4v) is 2.40. The second kappa shape index (κ2) is 7.84. The predicted molar refractivity (Wildman–Crippen MR) is 88.9 cm³/mol. The molecule has 0 radical (unpaired) electrons. The third-order valence-corrected chi connectivity index (χ3v) is 3.70. The average molecular weight is 364 g/mol. The summed E-state index contributed by atoms with van der Waals surface area (Å²) in [6.45, 7) is 2.13. The zero-order valence-electron chi connectivity index (χ0n) is 12.5. The summed E-state index contributed by atoms with van der Waals surface area (Å²) in [4.78, 5) is 11.9. The third-order valence-electron chi connectivity index (χ3n) is 3.21. The number of hydrogen-bond donors (Lipinski definition) is 1. The molecule has 1 N–H and O–H groups in total. The molecule has 5 heteroatoms. The highest BCUT2D eigenvalue weighted by molar-refractivity contribution is 9.10. The fourth-order valence-electron chi connectivity index (χ4n) is 2.06. The SMILES string of the molecule is COc1cc(Br)ccc1C(C)NC(=O)OCc1ccccc1. The number of alkyl carbamates (subject to hydrolysis) is 1. The molecule has 116 valence electrons. The molecule has 22 heavy (non-hydrogen) atoms. The molecule has 1 unspecified atom stereocenters. The van der Waals surface area contributed by atoms with E-state index in [1.165, 1.54) is 0 Å².